The zero-order valence-electron chi connectivity index (χ0n) is 16.1. The van der Waals surface area contributed by atoms with Gasteiger partial charge in [0.15, 0.2) is 5.65 Å². The van der Waals surface area contributed by atoms with Crippen LogP contribution in [0.2, 0.25) is 0 Å². The Morgan fingerprint density at radius 3 is 2.85 bits per heavy atom. The van der Waals surface area contributed by atoms with Crippen molar-refractivity contribution >= 4 is 22.7 Å². The maximum atomic E-state index is 4.81. The number of aromatic nitrogens is 3. The molecular formula is C22H25N5. The zero-order valence-corrected chi connectivity index (χ0v) is 16.1. The molecule has 5 nitrogen and oxygen atoms in total. The van der Waals surface area contributed by atoms with Crippen LogP contribution in [0.1, 0.15) is 11.3 Å². The number of benzene rings is 1. The molecule has 27 heavy (non-hydrogen) atoms. The van der Waals surface area contributed by atoms with Gasteiger partial charge in [-0.05, 0) is 32.6 Å². The minimum Gasteiger partial charge on any atom is -0.339 e. The van der Waals surface area contributed by atoms with Crippen molar-refractivity contribution < 1.29 is 0 Å². The second-order valence-corrected chi connectivity index (χ2v) is 6.58. The van der Waals surface area contributed by atoms with Crippen molar-refractivity contribution in [1.29, 1.82) is 0 Å². The van der Waals surface area contributed by atoms with Crippen LogP contribution < -0.4 is 5.32 Å². The molecule has 3 rings (SSSR count). The van der Waals surface area contributed by atoms with E-state index in [2.05, 4.69) is 53.0 Å². The highest BCUT2D eigenvalue weighted by atomic mass is 15.1. The number of imidazole rings is 1. The molecule has 1 N–H and O–H groups in total. The number of fused-ring (bicyclic) bond motifs is 1. The third kappa shape index (κ3) is 4.33. The highest BCUT2D eigenvalue weighted by molar-refractivity contribution is 5.83. The van der Waals surface area contributed by atoms with Gasteiger partial charge >= 0.3 is 0 Å². The maximum absolute atomic E-state index is 4.81. The number of para-hydroxylation sites is 1. The highest BCUT2D eigenvalue weighted by Gasteiger charge is 2.15. The molecule has 0 saturated carbocycles. The van der Waals surface area contributed by atoms with Gasteiger partial charge in [-0.15, -0.1) is 0 Å². The average Bonchev–Trinajstić information content (AvgIpc) is 3.01. The molecule has 0 aliphatic rings. The molecule has 2 heterocycles. The third-order valence-corrected chi connectivity index (χ3v) is 4.17. The minimum absolute atomic E-state index is 0.791. The van der Waals surface area contributed by atoms with E-state index in [1.807, 2.05) is 42.9 Å². The predicted octanol–water partition coefficient (Wildman–Crippen LogP) is 4.47. The van der Waals surface area contributed by atoms with E-state index in [-0.39, 0.29) is 0 Å². The number of hydrogen-bond donors (Lipinski definition) is 1. The summed E-state index contributed by atoms with van der Waals surface area (Å²) in [6.07, 6.45) is 13.4. The van der Waals surface area contributed by atoms with Gasteiger partial charge in [0.1, 0.15) is 11.5 Å². The molecule has 0 fully saturated rings. The Balaban J connectivity index is 2.11. The molecule has 0 atom stereocenters. The fourth-order valence-corrected chi connectivity index (χ4v) is 2.80. The summed E-state index contributed by atoms with van der Waals surface area (Å²) in [5, 5.41) is 3.56. The first-order valence-corrected chi connectivity index (χ1v) is 8.89. The first-order chi connectivity index (χ1) is 13.1. The van der Waals surface area contributed by atoms with Crippen LogP contribution in [0, 0.1) is 6.92 Å². The SMILES string of the molecule is C=C/C=C(\C=C/CN(C)C)c1nc2cnccn2c1Nc1ccccc1C. The summed E-state index contributed by atoms with van der Waals surface area (Å²) in [5.74, 6) is 0.907. The number of anilines is 2. The third-order valence-electron chi connectivity index (χ3n) is 4.17. The van der Waals surface area contributed by atoms with Crippen molar-refractivity contribution in [3.63, 3.8) is 0 Å². The number of rotatable bonds is 7. The van der Waals surface area contributed by atoms with Crippen LogP contribution in [-0.4, -0.2) is 39.9 Å². The number of likely N-dealkylation sites (N-methyl/N-ethyl adjacent to an activating group) is 1. The predicted molar refractivity (Wildman–Crippen MR) is 113 cm³/mol. The zero-order chi connectivity index (χ0) is 19.2. The summed E-state index contributed by atoms with van der Waals surface area (Å²) < 4.78 is 2.02. The standard InChI is InChI=1S/C22H25N5/c1-5-9-18(11-8-14-26(3)4)21-22(24-19-12-7-6-10-17(19)2)27-15-13-23-16-20(27)25-21/h5-13,15-16,24H,1,14H2,2-4H3/b11-8-,18-9+. The minimum atomic E-state index is 0.791. The number of aryl methyl sites for hydroxylation is 1. The summed E-state index contributed by atoms with van der Waals surface area (Å²) in [4.78, 5) is 11.1. The molecule has 1 aromatic carbocycles. The Kier molecular flexibility index (Phi) is 5.84. The molecule has 0 aliphatic carbocycles. The number of hydrogen-bond acceptors (Lipinski definition) is 4. The number of nitrogens with one attached hydrogen (secondary N) is 1. The van der Waals surface area contributed by atoms with Gasteiger partial charge in [-0.3, -0.25) is 9.38 Å². The quantitative estimate of drug-likeness (QED) is 0.632. The van der Waals surface area contributed by atoms with Crippen molar-refractivity contribution in [2.24, 2.45) is 0 Å². The van der Waals surface area contributed by atoms with Crippen LogP contribution in [0.25, 0.3) is 11.2 Å². The van der Waals surface area contributed by atoms with E-state index in [1.165, 1.54) is 5.56 Å². The first-order valence-electron chi connectivity index (χ1n) is 8.89. The van der Waals surface area contributed by atoms with Gasteiger partial charge in [0.05, 0.1) is 6.20 Å². The number of allylic oxidation sites excluding steroid dienone is 4. The molecule has 0 unspecified atom stereocenters. The van der Waals surface area contributed by atoms with Gasteiger partial charge in [0.2, 0.25) is 0 Å². The van der Waals surface area contributed by atoms with Gasteiger partial charge in [0, 0.05) is 30.2 Å². The Bertz CT molecular complexity index is 995. The van der Waals surface area contributed by atoms with Crippen LogP contribution in [0.3, 0.4) is 0 Å². The first kappa shape index (κ1) is 18.6. The van der Waals surface area contributed by atoms with Crippen LogP contribution in [0.5, 0.6) is 0 Å². The van der Waals surface area contributed by atoms with E-state index < -0.39 is 0 Å². The van der Waals surface area contributed by atoms with Gasteiger partial charge in [-0.2, -0.15) is 0 Å². The Hall–Kier alpha value is -3.18. The lowest BCUT2D eigenvalue weighted by Gasteiger charge is -2.11. The highest BCUT2D eigenvalue weighted by Crippen LogP contribution is 2.29. The molecule has 0 spiro atoms. The molecular weight excluding hydrogens is 334 g/mol. The topological polar surface area (TPSA) is 45.5 Å². The van der Waals surface area contributed by atoms with Crippen molar-refractivity contribution in [2.45, 2.75) is 6.92 Å². The summed E-state index contributed by atoms with van der Waals surface area (Å²) in [5.41, 5.74) is 4.87. The average molecular weight is 359 g/mol. The molecule has 0 amide bonds. The smallest absolute Gasteiger partial charge is 0.157 e. The molecule has 0 radical (unpaired) electrons. The molecule has 3 aromatic rings. The lowest BCUT2D eigenvalue weighted by Crippen LogP contribution is -2.10. The lowest BCUT2D eigenvalue weighted by atomic mass is 10.1. The normalized spacial score (nSPS) is 12.2. The molecule has 0 saturated heterocycles. The summed E-state index contributed by atoms with van der Waals surface area (Å²) in [7, 11) is 4.09. The van der Waals surface area contributed by atoms with Crippen molar-refractivity contribution in [1.82, 2.24) is 19.3 Å². The van der Waals surface area contributed by atoms with Gasteiger partial charge in [0.25, 0.3) is 0 Å². The van der Waals surface area contributed by atoms with E-state index in [0.717, 1.165) is 35.0 Å². The van der Waals surface area contributed by atoms with Crippen LogP contribution in [0.15, 0.2) is 73.7 Å². The van der Waals surface area contributed by atoms with Crippen molar-refractivity contribution in [3.05, 3.63) is 85.0 Å². The van der Waals surface area contributed by atoms with Gasteiger partial charge in [-0.1, -0.05) is 49.1 Å². The molecule has 0 aliphatic heterocycles. The molecule has 5 heteroatoms. The van der Waals surface area contributed by atoms with E-state index in [9.17, 15) is 0 Å². The second kappa shape index (κ2) is 8.47. The molecule has 2 aromatic heterocycles. The second-order valence-electron chi connectivity index (χ2n) is 6.58. The fraction of sp³-hybridized carbons (Fsp3) is 0.182. The molecule has 0 bridgehead atoms. The largest absolute Gasteiger partial charge is 0.339 e. The van der Waals surface area contributed by atoms with Crippen molar-refractivity contribution in [2.75, 3.05) is 26.0 Å². The monoisotopic (exact) mass is 359 g/mol. The Morgan fingerprint density at radius 2 is 2.11 bits per heavy atom. The van der Waals surface area contributed by atoms with Gasteiger partial charge in [-0.25, -0.2) is 4.98 Å². The summed E-state index contributed by atoms with van der Waals surface area (Å²) >= 11 is 0. The van der Waals surface area contributed by atoms with Gasteiger partial charge < -0.3 is 10.2 Å². The van der Waals surface area contributed by atoms with Crippen LogP contribution >= 0.6 is 0 Å². The Labute approximate surface area is 160 Å². The lowest BCUT2D eigenvalue weighted by molar-refractivity contribution is 0.456. The van der Waals surface area contributed by atoms with Crippen molar-refractivity contribution in [3.8, 4) is 0 Å². The van der Waals surface area contributed by atoms with E-state index in [0.29, 0.717) is 0 Å². The Morgan fingerprint density at radius 1 is 1.30 bits per heavy atom. The number of nitrogens with zero attached hydrogens (tertiary/aromatic N) is 4. The van der Waals surface area contributed by atoms with Crippen LogP contribution in [0.4, 0.5) is 11.5 Å². The summed E-state index contributed by atoms with van der Waals surface area (Å²) in [6, 6.07) is 8.22. The fourth-order valence-electron chi connectivity index (χ4n) is 2.80. The maximum Gasteiger partial charge on any atom is 0.157 e. The van der Waals surface area contributed by atoms with E-state index in [4.69, 9.17) is 4.98 Å². The molecule has 138 valence electrons. The van der Waals surface area contributed by atoms with E-state index in [1.54, 1.807) is 18.5 Å². The van der Waals surface area contributed by atoms with E-state index >= 15 is 0 Å². The van der Waals surface area contributed by atoms with Crippen LogP contribution in [-0.2, 0) is 0 Å². The summed E-state index contributed by atoms with van der Waals surface area (Å²) in [6.45, 7) is 6.80.